The second-order valence-corrected chi connectivity index (χ2v) is 14.9. The molecule has 0 bridgehead atoms. The number of hydrogen-bond acceptors (Lipinski definition) is 6. The van der Waals surface area contributed by atoms with Crippen LogP contribution in [-0.4, -0.2) is 43.2 Å². The number of rotatable bonds is 9. The van der Waals surface area contributed by atoms with Crippen LogP contribution in [0.3, 0.4) is 0 Å². The molecule has 1 aromatic heterocycles. The molecule has 1 aliphatic rings. The number of H-pyrrole nitrogens is 1. The van der Waals surface area contributed by atoms with Crippen molar-refractivity contribution in [1.29, 1.82) is 0 Å². The van der Waals surface area contributed by atoms with Crippen molar-refractivity contribution < 1.29 is 13.9 Å². The molecule has 1 aliphatic heterocycles. The van der Waals surface area contributed by atoms with Gasteiger partial charge in [0.05, 0.1) is 31.6 Å². The Labute approximate surface area is 228 Å². The molecule has 0 aliphatic carbocycles. The van der Waals surface area contributed by atoms with Crippen molar-refractivity contribution in [2.45, 2.75) is 57.5 Å². The summed E-state index contributed by atoms with van der Waals surface area (Å²) in [5.74, 6) is 0.150. The molecule has 0 radical (unpaired) electrons. The largest absolute Gasteiger partial charge is 0.487 e. The lowest BCUT2D eigenvalue weighted by molar-refractivity contribution is -0.0234. The van der Waals surface area contributed by atoms with E-state index in [-0.39, 0.29) is 22.2 Å². The Morgan fingerprint density at radius 1 is 1.16 bits per heavy atom. The van der Waals surface area contributed by atoms with Crippen LogP contribution in [0.5, 0.6) is 5.75 Å². The summed E-state index contributed by atoms with van der Waals surface area (Å²) in [6.07, 6.45) is 0.863. The molecule has 2 heterocycles. The van der Waals surface area contributed by atoms with Crippen molar-refractivity contribution in [3.63, 3.8) is 0 Å². The van der Waals surface area contributed by atoms with Gasteiger partial charge in [0.25, 0.3) is 13.9 Å². The van der Waals surface area contributed by atoms with E-state index in [1.807, 2.05) is 36.4 Å². The van der Waals surface area contributed by atoms with Crippen LogP contribution >= 0.6 is 12.2 Å². The summed E-state index contributed by atoms with van der Waals surface area (Å²) in [5.41, 5.74) is 8.90. The summed E-state index contributed by atoms with van der Waals surface area (Å²) < 4.78 is 20.7. The summed E-state index contributed by atoms with van der Waals surface area (Å²) in [4.78, 5) is 17.9. The fraction of sp³-hybridized carbons (Fsp3) is 0.407. The summed E-state index contributed by atoms with van der Waals surface area (Å²) in [7, 11) is -2.82. The SMILES string of the molecule is CCOc1cn([C@H]2C[C@H](N=[N+]=[N-])[C@@H](CO[Si](c3ccccc3)(c3ccccc3)C(C)(C)C)O2)c(=S)[nH]c1=O. The lowest BCUT2D eigenvalue weighted by Gasteiger charge is -2.43. The van der Waals surface area contributed by atoms with Gasteiger partial charge in [0.15, 0.2) is 4.77 Å². The van der Waals surface area contributed by atoms with E-state index < -0.39 is 32.3 Å². The van der Waals surface area contributed by atoms with E-state index >= 15 is 0 Å². The van der Waals surface area contributed by atoms with Gasteiger partial charge in [0.2, 0.25) is 5.75 Å². The number of aromatic nitrogens is 2. The topological polar surface area (TPSA) is 114 Å². The second kappa shape index (κ2) is 11.7. The smallest absolute Gasteiger partial charge is 0.294 e. The number of aromatic amines is 1. The minimum Gasteiger partial charge on any atom is -0.487 e. The molecule has 4 rings (SSSR count). The van der Waals surface area contributed by atoms with Crippen LogP contribution in [0.1, 0.15) is 40.3 Å². The number of hydrogen-bond donors (Lipinski definition) is 1. The van der Waals surface area contributed by atoms with Crippen molar-refractivity contribution in [2.75, 3.05) is 13.2 Å². The summed E-state index contributed by atoms with van der Waals surface area (Å²) >= 11 is 5.41. The molecule has 3 aromatic rings. The van der Waals surface area contributed by atoms with E-state index in [1.165, 1.54) is 0 Å². The average Bonchev–Trinajstić information content (AvgIpc) is 3.29. The van der Waals surface area contributed by atoms with Crippen LogP contribution in [0.2, 0.25) is 5.04 Å². The number of nitrogens with one attached hydrogen (secondary N) is 1. The molecule has 0 saturated carbocycles. The highest BCUT2D eigenvalue weighted by Gasteiger charge is 2.51. The van der Waals surface area contributed by atoms with E-state index in [4.69, 9.17) is 26.1 Å². The first kappa shape index (κ1) is 27.8. The highest BCUT2D eigenvalue weighted by Crippen LogP contribution is 2.38. The van der Waals surface area contributed by atoms with E-state index in [9.17, 15) is 10.3 Å². The lowest BCUT2D eigenvalue weighted by atomic mass is 10.1. The van der Waals surface area contributed by atoms with E-state index in [1.54, 1.807) is 17.7 Å². The van der Waals surface area contributed by atoms with Crippen molar-refractivity contribution in [2.24, 2.45) is 5.11 Å². The molecular weight excluding hydrogens is 518 g/mol. The van der Waals surface area contributed by atoms with Crippen LogP contribution in [0.15, 0.2) is 76.8 Å². The minimum atomic E-state index is -2.82. The van der Waals surface area contributed by atoms with Gasteiger partial charge in [0, 0.05) is 11.3 Å². The summed E-state index contributed by atoms with van der Waals surface area (Å²) in [6, 6.07) is 20.2. The normalized spacial score (nSPS) is 19.6. The minimum absolute atomic E-state index is 0.150. The number of azide groups is 1. The molecule has 11 heteroatoms. The van der Waals surface area contributed by atoms with Crippen LogP contribution < -0.4 is 20.7 Å². The Morgan fingerprint density at radius 3 is 2.29 bits per heavy atom. The molecule has 1 saturated heterocycles. The standard InChI is InChI=1S/C27H33N5O4SSi/c1-5-34-22-17-32(26(37)29-25(22)33)24-16-21(30-31-28)23(36-24)18-35-38(27(2,3)4,19-12-8-6-9-13-19)20-14-10-7-11-15-20/h6-15,17,21,23-24H,5,16,18H2,1-4H3,(H,29,33,37)/t21-,23+,24+/m0/s1. The molecule has 0 spiro atoms. The Morgan fingerprint density at radius 2 is 1.76 bits per heavy atom. The lowest BCUT2D eigenvalue weighted by Crippen LogP contribution is -2.67. The van der Waals surface area contributed by atoms with E-state index in [2.05, 4.69) is 60.0 Å². The molecule has 1 N–H and O–H groups in total. The van der Waals surface area contributed by atoms with Crippen molar-refractivity contribution >= 4 is 30.9 Å². The van der Waals surface area contributed by atoms with Gasteiger partial charge in [-0.2, -0.15) is 0 Å². The maximum Gasteiger partial charge on any atom is 0.294 e. The summed E-state index contributed by atoms with van der Waals surface area (Å²) in [5, 5.41) is 6.12. The first-order valence-corrected chi connectivity index (χ1v) is 15.0. The molecule has 1 fully saturated rings. The molecule has 200 valence electrons. The fourth-order valence-electron chi connectivity index (χ4n) is 5.13. The summed E-state index contributed by atoms with van der Waals surface area (Å²) in [6.45, 7) is 8.98. The first-order valence-electron chi connectivity index (χ1n) is 12.6. The zero-order valence-electron chi connectivity index (χ0n) is 22.0. The van der Waals surface area contributed by atoms with Crippen molar-refractivity contribution in [3.8, 4) is 5.75 Å². The molecule has 2 aromatic carbocycles. The quantitative estimate of drug-likeness (QED) is 0.134. The highest BCUT2D eigenvalue weighted by atomic mass is 32.1. The molecule has 3 atom stereocenters. The zero-order chi connectivity index (χ0) is 27.3. The highest BCUT2D eigenvalue weighted by molar-refractivity contribution is 7.71. The monoisotopic (exact) mass is 551 g/mol. The third-order valence-electron chi connectivity index (χ3n) is 6.83. The predicted octanol–water partition coefficient (Wildman–Crippen LogP) is 4.85. The average molecular weight is 552 g/mol. The molecular formula is C27H33N5O4SSi. The molecule has 0 unspecified atom stereocenters. The maximum atomic E-state index is 12.2. The number of benzene rings is 2. The first-order chi connectivity index (χ1) is 18.2. The van der Waals surface area contributed by atoms with Gasteiger partial charge >= 0.3 is 0 Å². The van der Waals surface area contributed by atoms with Gasteiger partial charge < -0.3 is 13.9 Å². The van der Waals surface area contributed by atoms with Crippen LogP contribution in [0, 0.1) is 4.77 Å². The van der Waals surface area contributed by atoms with Crippen molar-refractivity contribution in [3.05, 3.63) is 92.4 Å². The van der Waals surface area contributed by atoms with Gasteiger partial charge in [-0.05, 0) is 40.1 Å². The molecule has 0 amide bonds. The zero-order valence-corrected chi connectivity index (χ0v) is 23.9. The van der Waals surface area contributed by atoms with Gasteiger partial charge in [-0.15, -0.1) is 0 Å². The van der Waals surface area contributed by atoms with Crippen LogP contribution in [0.25, 0.3) is 10.4 Å². The van der Waals surface area contributed by atoms with Gasteiger partial charge in [0.1, 0.15) is 6.23 Å². The Kier molecular flexibility index (Phi) is 8.54. The maximum absolute atomic E-state index is 12.2. The van der Waals surface area contributed by atoms with Crippen LogP contribution in [0.4, 0.5) is 0 Å². The Bertz CT molecular complexity index is 1360. The predicted molar refractivity (Wildman–Crippen MR) is 152 cm³/mol. The molecule has 38 heavy (non-hydrogen) atoms. The fourth-order valence-corrected chi connectivity index (χ4v) is 9.96. The number of ether oxygens (including phenoxy) is 2. The van der Waals surface area contributed by atoms with Crippen molar-refractivity contribution in [1.82, 2.24) is 9.55 Å². The third-order valence-corrected chi connectivity index (χ3v) is 12.1. The number of nitrogens with zero attached hydrogens (tertiary/aromatic N) is 4. The van der Waals surface area contributed by atoms with Gasteiger partial charge in [-0.3, -0.25) is 14.3 Å². The molecule has 9 nitrogen and oxygen atoms in total. The van der Waals surface area contributed by atoms with Crippen LogP contribution in [-0.2, 0) is 9.16 Å². The van der Waals surface area contributed by atoms with Gasteiger partial charge in [-0.1, -0.05) is 86.5 Å². The Hall–Kier alpha value is -3.21. The van der Waals surface area contributed by atoms with E-state index in [0.717, 1.165) is 10.4 Å². The Balaban J connectivity index is 1.70. The van der Waals surface area contributed by atoms with Gasteiger partial charge in [-0.25, -0.2) is 0 Å². The second-order valence-electron chi connectivity index (χ2n) is 10.2. The third kappa shape index (κ3) is 5.47. The van der Waals surface area contributed by atoms with E-state index in [0.29, 0.717) is 13.0 Å².